The minimum Gasteiger partial charge on any atom is -0.165 e. The van der Waals surface area contributed by atoms with Crippen molar-refractivity contribution in [1.82, 2.24) is 0 Å². The average molecular weight is 624 g/mol. The molecule has 0 N–H and O–H groups in total. The molecule has 0 fully saturated rings. The molecule has 0 saturated heterocycles. The molecule has 39 heavy (non-hydrogen) atoms. The number of hydrogen-bond acceptors (Lipinski definition) is 0. The molecule has 6 rings (SSSR count). The van der Waals surface area contributed by atoms with Crippen molar-refractivity contribution in [3.63, 3.8) is 0 Å². The minimum absolute atomic E-state index is 0. The molecule has 0 unspecified atom stereocenters. The molecule has 0 aliphatic rings. The molecule has 0 aromatic heterocycles. The quantitative estimate of drug-likeness (QED) is 0.136. The molecule has 6 aromatic carbocycles. The normalized spacial score (nSPS) is 10.4. The van der Waals surface area contributed by atoms with Gasteiger partial charge in [-0.05, 0) is 17.0 Å². The first-order valence-electron chi connectivity index (χ1n) is 13.3. The summed E-state index contributed by atoms with van der Waals surface area (Å²) in [5, 5.41) is 5.40. The van der Waals surface area contributed by atoms with Gasteiger partial charge in [0, 0.05) is 0 Å². The monoisotopic (exact) mass is 622 g/mol. The summed E-state index contributed by atoms with van der Waals surface area (Å²) in [6, 6.07) is 43.4. The summed E-state index contributed by atoms with van der Waals surface area (Å²) in [6.45, 7) is 11.3. The van der Waals surface area contributed by atoms with Crippen LogP contribution in [0, 0.1) is 6.92 Å². The smallest absolute Gasteiger partial charge is 0.0279 e. The number of hydrogen-bond donors (Lipinski definition) is 0. The van der Waals surface area contributed by atoms with E-state index in [0.717, 1.165) is 0 Å². The third-order valence-corrected chi connectivity index (χ3v) is 6.50. The second-order valence-electron chi connectivity index (χ2n) is 10.3. The Morgan fingerprint density at radius 2 is 1.05 bits per heavy atom. The summed E-state index contributed by atoms with van der Waals surface area (Å²) in [6.07, 6.45) is 0. The van der Waals surface area contributed by atoms with E-state index in [2.05, 4.69) is 155 Å². The Hall–Kier alpha value is -2.51. The van der Waals surface area contributed by atoms with Crippen molar-refractivity contribution in [3.05, 3.63) is 132 Å². The Morgan fingerprint density at radius 3 is 1.51 bits per heavy atom. The maximum Gasteiger partial charge on any atom is -0.0279 e. The molecule has 0 radical (unpaired) electrons. The van der Waals surface area contributed by atoms with E-state index in [1.165, 1.54) is 54.9 Å². The second-order valence-corrected chi connectivity index (χ2v) is 19.7. The van der Waals surface area contributed by atoms with E-state index in [4.69, 9.17) is 0 Å². The standard InChI is InChI=1S/C18H17.C16H13.C2H6Si.ClH.Zr/c1-13(2)16-11-15-9-6-10-17(18(15)12-16)14-7-4-3-5-8-14;1-12-10-14-8-5-9-15(16(14)11-12)13-6-3-2-4-7-13;1-3-2;;/h3-13H,1-2H3;2-11H,1H3;1-2H3;1H;/q2*-1;;;+2. The van der Waals surface area contributed by atoms with Gasteiger partial charge >= 0.3 is 41.9 Å². The number of rotatable bonds is 3. The largest absolute Gasteiger partial charge is 0.165 e. The van der Waals surface area contributed by atoms with Crippen LogP contribution in [-0.4, -0.2) is 5.43 Å². The van der Waals surface area contributed by atoms with Gasteiger partial charge in [-0.2, -0.15) is 12.1 Å². The predicted octanol–water partition coefficient (Wildman–Crippen LogP) is 11.1. The number of benzene rings is 4. The van der Waals surface area contributed by atoms with Crippen LogP contribution in [0.25, 0.3) is 43.8 Å². The molecule has 0 atom stereocenters. The van der Waals surface area contributed by atoms with E-state index in [0.29, 0.717) is 5.92 Å². The third kappa shape index (κ3) is 8.24. The van der Waals surface area contributed by atoms with Gasteiger partial charge in [-0.3, -0.25) is 0 Å². The summed E-state index contributed by atoms with van der Waals surface area (Å²) in [5.41, 5.74) is 8.21. The topological polar surface area (TPSA) is 0 Å². The van der Waals surface area contributed by atoms with Crippen molar-refractivity contribution in [2.45, 2.75) is 39.8 Å². The van der Waals surface area contributed by atoms with Gasteiger partial charge in [-0.15, -0.1) is 81.5 Å². The second kappa shape index (κ2) is 14.8. The summed E-state index contributed by atoms with van der Waals surface area (Å²) in [5.74, 6) is 0.584. The average Bonchev–Trinajstić information content (AvgIpc) is 3.53. The summed E-state index contributed by atoms with van der Waals surface area (Å²) in [4.78, 5) is 0. The van der Waals surface area contributed by atoms with Crippen LogP contribution in [-0.2, 0) is 23.3 Å². The maximum absolute atomic E-state index is 2.34. The zero-order valence-electron chi connectivity index (χ0n) is 23.5. The molecular formula is C36H37ClSiZr. The third-order valence-electron chi connectivity index (χ3n) is 6.50. The minimum atomic E-state index is 0. The molecule has 0 amide bonds. The Kier molecular flexibility index (Phi) is 11.7. The van der Waals surface area contributed by atoms with Crippen molar-refractivity contribution in [2.75, 3.05) is 0 Å². The summed E-state index contributed by atoms with van der Waals surface area (Å²) >= 11 is 1.74. The van der Waals surface area contributed by atoms with Crippen LogP contribution in [0.5, 0.6) is 0 Å². The molecule has 0 nitrogen and oxygen atoms in total. The number of aryl methyl sites for hydroxylation is 1. The Bertz CT molecular complexity index is 1620. The van der Waals surface area contributed by atoms with Crippen molar-refractivity contribution in [3.8, 4) is 22.3 Å². The van der Waals surface area contributed by atoms with Crippen LogP contribution in [0.3, 0.4) is 0 Å². The number of fused-ring (bicyclic) bond motifs is 2. The van der Waals surface area contributed by atoms with Crippen LogP contribution >= 0.6 is 12.4 Å². The molecule has 0 aliphatic carbocycles. The molecule has 0 aliphatic heterocycles. The molecule has 0 spiro atoms. The van der Waals surface area contributed by atoms with Gasteiger partial charge in [0.1, 0.15) is 0 Å². The van der Waals surface area contributed by atoms with Gasteiger partial charge in [0.2, 0.25) is 0 Å². The first kappa shape index (κ1) is 31.0. The van der Waals surface area contributed by atoms with Gasteiger partial charge in [-0.25, -0.2) is 0 Å². The van der Waals surface area contributed by atoms with Crippen molar-refractivity contribution < 1.29 is 23.3 Å². The van der Waals surface area contributed by atoms with Gasteiger partial charge < -0.3 is 0 Å². The van der Waals surface area contributed by atoms with E-state index >= 15 is 0 Å². The summed E-state index contributed by atoms with van der Waals surface area (Å²) < 4.78 is 0. The van der Waals surface area contributed by atoms with E-state index in [-0.39, 0.29) is 17.8 Å². The first-order valence-corrected chi connectivity index (χ1v) is 19.5. The van der Waals surface area contributed by atoms with E-state index in [1.807, 2.05) is 0 Å². The van der Waals surface area contributed by atoms with Crippen molar-refractivity contribution >= 4 is 39.4 Å². The van der Waals surface area contributed by atoms with Gasteiger partial charge in [0.05, 0.1) is 0 Å². The molecule has 0 heterocycles. The Labute approximate surface area is 255 Å². The summed E-state index contributed by atoms with van der Waals surface area (Å²) in [7, 11) is 0. The van der Waals surface area contributed by atoms with E-state index in [1.54, 1.807) is 23.3 Å². The van der Waals surface area contributed by atoms with Gasteiger partial charge in [0.15, 0.2) is 0 Å². The van der Waals surface area contributed by atoms with Crippen LogP contribution in [0.2, 0.25) is 13.1 Å². The molecular weight excluding hydrogens is 587 g/mol. The SMILES string of the molecule is CC(C)c1cc2c(-c3ccccc3)cccc2[cH-]1.C[Si](C)=[Zr+2].Cc1cc2c(-c3ccccc3)cccc2[cH-]1.Cl. The fourth-order valence-corrected chi connectivity index (χ4v) is 4.71. The van der Waals surface area contributed by atoms with E-state index < -0.39 is 0 Å². The van der Waals surface area contributed by atoms with Gasteiger partial charge in [-0.1, -0.05) is 105 Å². The van der Waals surface area contributed by atoms with Crippen LogP contribution < -0.4 is 0 Å². The maximum atomic E-state index is 2.34. The molecule has 0 bridgehead atoms. The molecule has 196 valence electrons. The Morgan fingerprint density at radius 1 is 0.615 bits per heavy atom. The molecule has 3 heteroatoms. The number of halogens is 1. The molecule has 0 saturated carbocycles. The predicted molar refractivity (Wildman–Crippen MR) is 174 cm³/mol. The van der Waals surface area contributed by atoms with Crippen LogP contribution in [0.1, 0.15) is 30.9 Å². The fraction of sp³-hybridized carbons (Fsp3) is 0.167. The van der Waals surface area contributed by atoms with Crippen molar-refractivity contribution in [2.24, 2.45) is 0 Å². The van der Waals surface area contributed by atoms with Crippen LogP contribution in [0.15, 0.2) is 121 Å². The fourth-order valence-electron chi connectivity index (χ4n) is 4.71. The zero-order chi connectivity index (χ0) is 27.1. The molecule has 6 aromatic rings. The first-order chi connectivity index (χ1) is 18.3. The zero-order valence-corrected chi connectivity index (χ0v) is 27.8. The Balaban J connectivity index is 0.000000187. The van der Waals surface area contributed by atoms with Gasteiger partial charge in [0.25, 0.3) is 0 Å². The van der Waals surface area contributed by atoms with Crippen LogP contribution in [0.4, 0.5) is 0 Å². The van der Waals surface area contributed by atoms with E-state index in [9.17, 15) is 0 Å². The van der Waals surface area contributed by atoms with Crippen molar-refractivity contribution in [1.29, 1.82) is 0 Å².